The van der Waals surface area contributed by atoms with Gasteiger partial charge < -0.3 is 10.4 Å². The summed E-state index contributed by atoms with van der Waals surface area (Å²) < 4.78 is 0. The van der Waals surface area contributed by atoms with E-state index in [4.69, 9.17) is 0 Å². The van der Waals surface area contributed by atoms with Crippen LogP contribution in [-0.2, 0) is 0 Å². The van der Waals surface area contributed by atoms with Gasteiger partial charge in [0.25, 0.3) is 5.91 Å². The number of hydrogen-bond acceptors (Lipinski definition) is 2. The first-order valence-corrected chi connectivity index (χ1v) is 9.61. The molecule has 0 aliphatic heterocycles. The number of rotatable bonds is 6. The van der Waals surface area contributed by atoms with Gasteiger partial charge in [0.2, 0.25) is 0 Å². The molecular weight excluding hydrogens is 346 g/mol. The molecule has 3 heteroatoms. The van der Waals surface area contributed by atoms with Crippen molar-refractivity contribution in [3.63, 3.8) is 0 Å². The summed E-state index contributed by atoms with van der Waals surface area (Å²) in [5, 5.41) is 13.9. The highest BCUT2D eigenvalue weighted by Crippen LogP contribution is 2.27. The van der Waals surface area contributed by atoms with Crippen LogP contribution in [0.2, 0.25) is 0 Å². The molecule has 1 amide bonds. The van der Waals surface area contributed by atoms with Crippen LogP contribution in [0.25, 0.3) is 0 Å². The summed E-state index contributed by atoms with van der Waals surface area (Å²) in [4.78, 5) is 12.8. The molecule has 2 atom stereocenters. The van der Waals surface area contributed by atoms with Crippen LogP contribution < -0.4 is 5.32 Å². The van der Waals surface area contributed by atoms with Crippen molar-refractivity contribution < 1.29 is 9.90 Å². The van der Waals surface area contributed by atoms with E-state index in [1.165, 1.54) is 0 Å². The maximum atomic E-state index is 12.8. The van der Waals surface area contributed by atoms with E-state index >= 15 is 0 Å². The number of amides is 1. The molecule has 2 N–H and O–H groups in total. The van der Waals surface area contributed by atoms with Crippen LogP contribution in [0, 0.1) is 20.8 Å². The summed E-state index contributed by atoms with van der Waals surface area (Å²) in [7, 11) is 0. The topological polar surface area (TPSA) is 49.3 Å². The van der Waals surface area contributed by atoms with E-state index < -0.39 is 6.10 Å². The Morgan fingerprint density at radius 1 is 0.750 bits per heavy atom. The minimum absolute atomic E-state index is 0.137. The lowest BCUT2D eigenvalue weighted by molar-refractivity contribution is 0.0909. The second-order valence-electron chi connectivity index (χ2n) is 7.46. The highest BCUT2D eigenvalue weighted by Gasteiger charge is 2.20. The van der Waals surface area contributed by atoms with Crippen molar-refractivity contribution in [2.24, 2.45) is 0 Å². The van der Waals surface area contributed by atoms with Crippen molar-refractivity contribution in [3.05, 3.63) is 106 Å². The molecule has 144 valence electrons. The molecule has 28 heavy (non-hydrogen) atoms. The molecule has 3 aromatic carbocycles. The number of hydrogen-bond donors (Lipinski definition) is 2. The van der Waals surface area contributed by atoms with E-state index in [1.54, 1.807) is 0 Å². The zero-order valence-corrected chi connectivity index (χ0v) is 16.6. The summed E-state index contributed by atoms with van der Waals surface area (Å²) in [6, 6.07) is 23.2. The normalized spacial score (nSPS) is 13.0. The van der Waals surface area contributed by atoms with E-state index in [0.29, 0.717) is 12.0 Å². The maximum Gasteiger partial charge on any atom is 0.251 e. The summed E-state index contributed by atoms with van der Waals surface area (Å²) in [6.45, 7) is 6.05. The predicted octanol–water partition coefficient (Wildman–Crippen LogP) is 5.21. The van der Waals surface area contributed by atoms with Crippen LogP contribution in [-0.4, -0.2) is 11.0 Å². The maximum absolute atomic E-state index is 12.8. The second-order valence-corrected chi connectivity index (χ2v) is 7.46. The van der Waals surface area contributed by atoms with Crippen LogP contribution in [0.3, 0.4) is 0 Å². The molecule has 0 fully saturated rings. The average molecular weight is 373 g/mol. The fourth-order valence-corrected chi connectivity index (χ4v) is 3.17. The largest absolute Gasteiger partial charge is 0.388 e. The molecule has 0 saturated carbocycles. The minimum atomic E-state index is -0.662. The highest BCUT2D eigenvalue weighted by molar-refractivity contribution is 5.94. The lowest BCUT2D eigenvalue weighted by Gasteiger charge is -2.23. The SMILES string of the molecule is Cc1ccc(C(=O)N[C@@H](C[C@H](O)c2ccc(C)cc2)c2ccc(C)cc2)cc1. The van der Waals surface area contributed by atoms with Crippen molar-refractivity contribution in [2.75, 3.05) is 0 Å². The Labute approximate surface area is 167 Å². The zero-order valence-electron chi connectivity index (χ0n) is 16.6. The van der Waals surface area contributed by atoms with E-state index in [-0.39, 0.29) is 11.9 Å². The second kappa shape index (κ2) is 8.85. The number of benzene rings is 3. The first-order chi connectivity index (χ1) is 13.4. The summed E-state index contributed by atoms with van der Waals surface area (Å²) >= 11 is 0. The van der Waals surface area contributed by atoms with Crippen molar-refractivity contribution in [1.29, 1.82) is 0 Å². The van der Waals surface area contributed by atoms with Crippen LogP contribution >= 0.6 is 0 Å². The molecule has 0 unspecified atom stereocenters. The van der Waals surface area contributed by atoms with Crippen molar-refractivity contribution >= 4 is 5.91 Å². The molecule has 0 saturated heterocycles. The van der Waals surface area contributed by atoms with Crippen molar-refractivity contribution in [2.45, 2.75) is 39.3 Å². The Bertz CT molecular complexity index is 912. The number of nitrogens with one attached hydrogen (secondary N) is 1. The highest BCUT2D eigenvalue weighted by atomic mass is 16.3. The van der Waals surface area contributed by atoms with Gasteiger partial charge in [0.1, 0.15) is 0 Å². The zero-order chi connectivity index (χ0) is 20.1. The Morgan fingerprint density at radius 3 is 1.68 bits per heavy atom. The van der Waals surface area contributed by atoms with Crippen molar-refractivity contribution in [1.82, 2.24) is 5.32 Å². The molecule has 3 rings (SSSR count). The number of aryl methyl sites for hydroxylation is 3. The molecule has 3 nitrogen and oxygen atoms in total. The van der Waals surface area contributed by atoms with Gasteiger partial charge >= 0.3 is 0 Å². The van der Waals surface area contributed by atoms with Crippen LogP contribution in [0.1, 0.15) is 56.7 Å². The molecule has 0 spiro atoms. The number of aliphatic hydroxyl groups excluding tert-OH is 1. The van der Waals surface area contributed by atoms with Crippen LogP contribution in [0.5, 0.6) is 0 Å². The summed E-state index contributed by atoms with van der Waals surface area (Å²) in [5.74, 6) is -0.137. The third kappa shape index (κ3) is 5.08. The molecule has 0 aliphatic carbocycles. The molecular formula is C25H27NO2. The first-order valence-electron chi connectivity index (χ1n) is 9.61. The van der Waals surface area contributed by atoms with Gasteiger partial charge in [-0.2, -0.15) is 0 Å². The van der Waals surface area contributed by atoms with Gasteiger partial charge in [-0.05, 0) is 44.0 Å². The fraction of sp³-hybridized carbons (Fsp3) is 0.240. The van der Waals surface area contributed by atoms with Gasteiger partial charge in [-0.25, -0.2) is 0 Å². The summed E-state index contributed by atoms with van der Waals surface area (Å²) in [5.41, 5.74) is 5.88. The summed E-state index contributed by atoms with van der Waals surface area (Å²) in [6.07, 6.45) is -0.255. The van der Waals surface area contributed by atoms with Crippen molar-refractivity contribution in [3.8, 4) is 0 Å². The van der Waals surface area contributed by atoms with E-state index in [0.717, 1.165) is 27.8 Å². The molecule has 0 bridgehead atoms. The molecule has 0 radical (unpaired) electrons. The Hall–Kier alpha value is -2.91. The molecule has 3 aromatic rings. The standard InChI is InChI=1S/C25H27NO2/c1-17-4-10-20(11-5-17)23(16-24(27)21-12-6-18(2)7-13-21)26-25(28)22-14-8-19(3)9-15-22/h4-15,23-24,27H,16H2,1-3H3,(H,26,28)/t23-,24-/m0/s1. The fourth-order valence-electron chi connectivity index (χ4n) is 3.17. The van der Waals surface area contributed by atoms with E-state index in [9.17, 15) is 9.90 Å². The first kappa shape index (κ1) is 19.8. The number of aliphatic hydroxyl groups is 1. The molecule has 0 aromatic heterocycles. The lowest BCUT2D eigenvalue weighted by Crippen LogP contribution is -2.29. The van der Waals surface area contributed by atoms with E-state index in [2.05, 4.69) is 5.32 Å². The number of carbonyl (C=O) groups excluding carboxylic acids is 1. The third-order valence-corrected chi connectivity index (χ3v) is 5.02. The van der Waals surface area contributed by atoms with Gasteiger partial charge in [-0.15, -0.1) is 0 Å². The molecule has 0 aliphatic rings. The van der Waals surface area contributed by atoms with Crippen LogP contribution in [0.4, 0.5) is 0 Å². The van der Waals surface area contributed by atoms with Gasteiger partial charge in [0, 0.05) is 12.0 Å². The third-order valence-electron chi connectivity index (χ3n) is 5.02. The van der Waals surface area contributed by atoms with E-state index in [1.807, 2.05) is 93.6 Å². The van der Waals surface area contributed by atoms with Gasteiger partial charge in [-0.3, -0.25) is 4.79 Å². The van der Waals surface area contributed by atoms with Gasteiger partial charge in [-0.1, -0.05) is 77.4 Å². The quantitative estimate of drug-likeness (QED) is 0.623. The smallest absolute Gasteiger partial charge is 0.251 e. The minimum Gasteiger partial charge on any atom is -0.388 e. The van der Waals surface area contributed by atoms with Gasteiger partial charge in [0.05, 0.1) is 12.1 Å². The Balaban J connectivity index is 1.82. The Morgan fingerprint density at radius 2 is 1.18 bits per heavy atom. The number of carbonyl (C=O) groups is 1. The molecule has 0 heterocycles. The van der Waals surface area contributed by atoms with Gasteiger partial charge in [0.15, 0.2) is 0 Å². The van der Waals surface area contributed by atoms with Crippen LogP contribution in [0.15, 0.2) is 72.8 Å². The Kier molecular flexibility index (Phi) is 6.27. The predicted molar refractivity (Wildman–Crippen MR) is 113 cm³/mol. The lowest BCUT2D eigenvalue weighted by atomic mass is 9.95. The monoisotopic (exact) mass is 373 g/mol. The average Bonchev–Trinajstić information content (AvgIpc) is 2.69.